The summed E-state index contributed by atoms with van der Waals surface area (Å²) in [5.74, 6) is 0.0788. The molecule has 1 aliphatic rings. The van der Waals surface area contributed by atoms with Gasteiger partial charge in [0.15, 0.2) is 0 Å². The number of piperazine rings is 1. The minimum atomic E-state index is 0.0788. The number of benzene rings is 1. The van der Waals surface area contributed by atoms with E-state index in [2.05, 4.69) is 42.7 Å². The molecule has 0 radical (unpaired) electrons. The fourth-order valence-electron chi connectivity index (χ4n) is 1.78. The van der Waals surface area contributed by atoms with Crippen LogP contribution in [0.15, 0.2) is 18.2 Å². The van der Waals surface area contributed by atoms with Crippen LogP contribution < -0.4 is 10.6 Å². The summed E-state index contributed by atoms with van der Waals surface area (Å²) < 4.78 is 0. The molecule has 3 heteroatoms. The average molecular weight is 204 g/mol. The van der Waals surface area contributed by atoms with Gasteiger partial charge in [-0.25, -0.2) is 0 Å². The maximum Gasteiger partial charge on any atom is 0.234 e. The molecule has 1 saturated heterocycles. The predicted octanol–water partition coefficient (Wildman–Crippen LogP) is 1.06. The normalized spacial score (nSPS) is 21.2. The molecule has 1 fully saturated rings. The van der Waals surface area contributed by atoms with Crippen LogP contribution in [0.1, 0.15) is 22.7 Å². The van der Waals surface area contributed by atoms with E-state index < -0.39 is 0 Å². The molecular weight excluding hydrogens is 188 g/mol. The molecule has 1 amide bonds. The quantitative estimate of drug-likeness (QED) is 0.718. The van der Waals surface area contributed by atoms with E-state index in [1.54, 1.807) is 0 Å². The van der Waals surface area contributed by atoms with Gasteiger partial charge in [-0.1, -0.05) is 18.2 Å². The van der Waals surface area contributed by atoms with Crippen molar-refractivity contribution in [2.75, 3.05) is 13.1 Å². The Balaban J connectivity index is 2.16. The number of aryl methyl sites for hydroxylation is 2. The first-order chi connectivity index (χ1) is 7.16. The fraction of sp³-hybridized carbons (Fsp3) is 0.417. The third-order valence-corrected chi connectivity index (χ3v) is 2.95. The van der Waals surface area contributed by atoms with Crippen molar-refractivity contribution in [3.05, 3.63) is 34.9 Å². The van der Waals surface area contributed by atoms with Gasteiger partial charge in [0.1, 0.15) is 0 Å². The number of hydrogen-bond donors (Lipinski definition) is 2. The van der Waals surface area contributed by atoms with Gasteiger partial charge in [-0.2, -0.15) is 0 Å². The topological polar surface area (TPSA) is 41.1 Å². The van der Waals surface area contributed by atoms with Crippen LogP contribution in [0.4, 0.5) is 0 Å². The zero-order valence-corrected chi connectivity index (χ0v) is 9.13. The molecule has 0 saturated carbocycles. The Kier molecular flexibility index (Phi) is 2.73. The van der Waals surface area contributed by atoms with Crippen LogP contribution in [0.5, 0.6) is 0 Å². The summed E-state index contributed by atoms with van der Waals surface area (Å²) in [5.41, 5.74) is 3.85. The highest BCUT2D eigenvalue weighted by Crippen LogP contribution is 2.17. The molecule has 1 atom stereocenters. The monoisotopic (exact) mass is 204 g/mol. The molecule has 1 heterocycles. The third-order valence-electron chi connectivity index (χ3n) is 2.95. The highest BCUT2D eigenvalue weighted by Gasteiger charge is 2.18. The molecule has 1 aromatic rings. The molecule has 80 valence electrons. The summed E-state index contributed by atoms with van der Waals surface area (Å²) in [6.45, 7) is 5.31. The lowest BCUT2D eigenvalue weighted by molar-refractivity contribution is -0.121. The van der Waals surface area contributed by atoms with E-state index in [9.17, 15) is 4.79 Å². The number of carbonyl (C=O) groups is 1. The van der Waals surface area contributed by atoms with Crippen molar-refractivity contribution in [3.8, 4) is 0 Å². The first-order valence-corrected chi connectivity index (χ1v) is 5.24. The maximum absolute atomic E-state index is 11.0. The zero-order chi connectivity index (χ0) is 10.8. The maximum atomic E-state index is 11.0. The Hall–Kier alpha value is -1.35. The molecule has 1 aromatic carbocycles. The van der Waals surface area contributed by atoms with Crippen LogP contribution >= 0.6 is 0 Å². The lowest BCUT2D eigenvalue weighted by Gasteiger charge is -2.24. The lowest BCUT2D eigenvalue weighted by atomic mass is 10.00. The Bertz CT molecular complexity index is 377. The van der Waals surface area contributed by atoms with E-state index in [1.165, 1.54) is 16.7 Å². The van der Waals surface area contributed by atoms with Crippen LogP contribution in [-0.2, 0) is 4.79 Å². The molecule has 1 unspecified atom stereocenters. The molecule has 3 nitrogen and oxygen atoms in total. The number of amides is 1. The number of hydrogen-bond acceptors (Lipinski definition) is 2. The Labute approximate surface area is 89.9 Å². The van der Waals surface area contributed by atoms with Crippen LogP contribution in [0.3, 0.4) is 0 Å². The summed E-state index contributed by atoms with van der Waals surface area (Å²) in [5, 5.41) is 6.08. The van der Waals surface area contributed by atoms with Crippen LogP contribution in [0.2, 0.25) is 0 Å². The van der Waals surface area contributed by atoms with Gasteiger partial charge < -0.3 is 5.32 Å². The van der Waals surface area contributed by atoms with Crippen molar-refractivity contribution in [3.63, 3.8) is 0 Å². The van der Waals surface area contributed by atoms with Crippen molar-refractivity contribution < 1.29 is 4.79 Å². The van der Waals surface area contributed by atoms with Crippen molar-refractivity contribution in [1.29, 1.82) is 0 Å². The minimum absolute atomic E-state index is 0.0788. The molecular formula is C12H16N2O. The van der Waals surface area contributed by atoms with Gasteiger partial charge in [-0.15, -0.1) is 0 Å². The molecule has 0 aliphatic carbocycles. The number of carbonyl (C=O) groups excluding carboxylic acids is 1. The van der Waals surface area contributed by atoms with Crippen molar-refractivity contribution >= 4 is 5.91 Å². The predicted molar refractivity (Wildman–Crippen MR) is 59.7 cm³/mol. The summed E-state index contributed by atoms with van der Waals surface area (Å²) in [7, 11) is 0. The van der Waals surface area contributed by atoms with E-state index in [1.807, 2.05) is 0 Å². The molecule has 0 bridgehead atoms. The molecule has 2 rings (SSSR count). The molecule has 15 heavy (non-hydrogen) atoms. The van der Waals surface area contributed by atoms with E-state index in [-0.39, 0.29) is 11.9 Å². The van der Waals surface area contributed by atoms with Crippen LogP contribution in [0, 0.1) is 13.8 Å². The first-order valence-electron chi connectivity index (χ1n) is 5.24. The van der Waals surface area contributed by atoms with E-state index in [0.29, 0.717) is 13.1 Å². The van der Waals surface area contributed by atoms with Crippen molar-refractivity contribution in [1.82, 2.24) is 10.6 Å². The van der Waals surface area contributed by atoms with Gasteiger partial charge in [-0.05, 0) is 30.5 Å². The van der Waals surface area contributed by atoms with Crippen molar-refractivity contribution in [2.24, 2.45) is 0 Å². The second kappa shape index (κ2) is 4.03. The number of nitrogens with one attached hydrogen (secondary N) is 2. The zero-order valence-electron chi connectivity index (χ0n) is 9.13. The van der Waals surface area contributed by atoms with Gasteiger partial charge in [0.05, 0.1) is 12.6 Å². The largest absolute Gasteiger partial charge is 0.353 e. The fourth-order valence-corrected chi connectivity index (χ4v) is 1.78. The molecule has 2 N–H and O–H groups in total. The second-order valence-corrected chi connectivity index (χ2v) is 4.08. The molecule has 0 aromatic heterocycles. The Morgan fingerprint density at radius 1 is 1.27 bits per heavy atom. The standard InChI is InChI=1S/C12H16N2O/c1-8-3-4-10(5-9(8)2)11-6-14-12(15)7-13-11/h3-5,11,13H,6-7H2,1-2H3,(H,14,15). The number of rotatable bonds is 1. The first kappa shape index (κ1) is 10.2. The summed E-state index contributed by atoms with van der Waals surface area (Å²) in [6.07, 6.45) is 0. The van der Waals surface area contributed by atoms with Gasteiger partial charge in [0.2, 0.25) is 5.91 Å². The van der Waals surface area contributed by atoms with Crippen LogP contribution in [0.25, 0.3) is 0 Å². The van der Waals surface area contributed by atoms with Gasteiger partial charge in [0.25, 0.3) is 0 Å². The molecule has 0 spiro atoms. The second-order valence-electron chi connectivity index (χ2n) is 4.08. The molecule has 1 aliphatic heterocycles. The third kappa shape index (κ3) is 2.18. The smallest absolute Gasteiger partial charge is 0.234 e. The SMILES string of the molecule is Cc1ccc(C2CNC(=O)CN2)cc1C. The van der Waals surface area contributed by atoms with Gasteiger partial charge in [-0.3, -0.25) is 10.1 Å². The summed E-state index contributed by atoms with van der Waals surface area (Å²) >= 11 is 0. The van der Waals surface area contributed by atoms with E-state index >= 15 is 0 Å². The minimum Gasteiger partial charge on any atom is -0.353 e. The highest BCUT2D eigenvalue weighted by molar-refractivity contribution is 5.78. The Morgan fingerprint density at radius 3 is 2.67 bits per heavy atom. The summed E-state index contributed by atoms with van der Waals surface area (Å²) in [4.78, 5) is 11.0. The Morgan fingerprint density at radius 2 is 2.07 bits per heavy atom. The van der Waals surface area contributed by atoms with Crippen LogP contribution in [-0.4, -0.2) is 19.0 Å². The van der Waals surface area contributed by atoms with Crippen molar-refractivity contribution in [2.45, 2.75) is 19.9 Å². The summed E-state index contributed by atoms with van der Waals surface area (Å²) in [6, 6.07) is 6.69. The van der Waals surface area contributed by atoms with Gasteiger partial charge >= 0.3 is 0 Å². The van der Waals surface area contributed by atoms with E-state index in [4.69, 9.17) is 0 Å². The highest BCUT2D eigenvalue weighted by atomic mass is 16.2. The van der Waals surface area contributed by atoms with E-state index in [0.717, 1.165) is 0 Å². The lowest BCUT2D eigenvalue weighted by Crippen LogP contribution is -2.46. The average Bonchev–Trinajstić information content (AvgIpc) is 2.23. The van der Waals surface area contributed by atoms with Gasteiger partial charge in [0, 0.05) is 6.54 Å².